The second-order valence-corrected chi connectivity index (χ2v) is 3.56. The van der Waals surface area contributed by atoms with Gasteiger partial charge in [0.2, 0.25) is 0 Å². The molecule has 0 aromatic heterocycles. The molecule has 0 amide bonds. The summed E-state index contributed by atoms with van der Waals surface area (Å²) in [5.74, 6) is -0.194. The fourth-order valence-corrected chi connectivity index (χ4v) is 1.08. The molecule has 14 heavy (non-hydrogen) atoms. The predicted octanol–water partition coefficient (Wildman–Crippen LogP) is 1.84. The molecule has 0 aliphatic rings. The van der Waals surface area contributed by atoms with Gasteiger partial charge in [0, 0.05) is 12.1 Å². The van der Waals surface area contributed by atoms with Gasteiger partial charge in [-0.15, -0.1) is 0 Å². The molecule has 0 N–H and O–H groups in total. The van der Waals surface area contributed by atoms with Gasteiger partial charge in [0.1, 0.15) is 0 Å². The predicted molar refractivity (Wildman–Crippen MR) is 58.2 cm³/mol. The summed E-state index contributed by atoms with van der Waals surface area (Å²) in [7, 11) is 5.42. The molecule has 0 aromatic rings. The number of carbonyl (C=O) groups excluding carboxylic acids is 1. The van der Waals surface area contributed by atoms with Crippen LogP contribution in [-0.2, 0) is 9.53 Å². The van der Waals surface area contributed by atoms with E-state index < -0.39 is 0 Å². The quantitative estimate of drug-likeness (QED) is 0.483. The summed E-state index contributed by atoms with van der Waals surface area (Å²) < 4.78 is 4.72. The number of ether oxygens (including phenoxy) is 1. The summed E-state index contributed by atoms with van der Waals surface area (Å²) in [4.78, 5) is 13.4. The van der Waals surface area contributed by atoms with Gasteiger partial charge in [0.25, 0.3) is 0 Å². The lowest BCUT2D eigenvalue weighted by Gasteiger charge is -2.10. The lowest BCUT2D eigenvalue weighted by Crippen LogP contribution is -2.16. The van der Waals surface area contributed by atoms with Crippen molar-refractivity contribution in [1.82, 2.24) is 4.90 Å². The van der Waals surface area contributed by atoms with Gasteiger partial charge in [-0.1, -0.05) is 19.4 Å². The van der Waals surface area contributed by atoms with E-state index in [0.717, 1.165) is 31.4 Å². The Bertz CT molecular complexity index is 197. The van der Waals surface area contributed by atoms with Gasteiger partial charge in [-0.3, -0.25) is 0 Å². The zero-order valence-corrected chi connectivity index (χ0v) is 9.67. The third-order valence-electron chi connectivity index (χ3n) is 1.96. The van der Waals surface area contributed by atoms with Crippen LogP contribution in [-0.4, -0.2) is 38.6 Å². The van der Waals surface area contributed by atoms with Gasteiger partial charge in [-0.25, -0.2) is 4.79 Å². The van der Waals surface area contributed by atoms with Gasteiger partial charge in [-0.05, 0) is 26.9 Å². The highest BCUT2D eigenvalue weighted by atomic mass is 16.5. The van der Waals surface area contributed by atoms with E-state index in [-0.39, 0.29) is 5.97 Å². The van der Waals surface area contributed by atoms with Gasteiger partial charge in [0.05, 0.1) is 7.11 Å². The molecule has 0 heterocycles. The Morgan fingerprint density at radius 2 is 2.07 bits per heavy atom. The molecular formula is C11H21NO2. The molecule has 0 unspecified atom stereocenters. The summed E-state index contributed by atoms with van der Waals surface area (Å²) in [6.45, 7) is 2.97. The van der Waals surface area contributed by atoms with E-state index in [1.54, 1.807) is 0 Å². The lowest BCUT2D eigenvalue weighted by atomic mass is 10.1. The lowest BCUT2D eigenvalue weighted by molar-refractivity contribution is -0.136. The normalized spacial score (nSPS) is 11.9. The Morgan fingerprint density at radius 1 is 1.43 bits per heavy atom. The Labute approximate surface area is 86.7 Å². The molecule has 0 saturated heterocycles. The van der Waals surface area contributed by atoms with Crippen LogP contribution in [0.2, 0.25) is 0 Å². The highest BCUT2D eigenvalue weighted by Crippen LogP contribution is 2.07. The third-order valence-corrected chi connectivity index (χ3v) is 1.96. The Morgan fingerprint density at radius 3 is 2.50 bits per heavy atom. The molecule has 0 radical (unpaired) electrons. The van der Waals surface area contributed by atoms with Crippen molar-refractivity contribution >= 4 is 5.97 Å². The van der Waals surface area contributed by atoms with Crippen LogP contribution >= 0.6 is 0 Å². The first kappa shape index (κ1) is 13.2. The van der Waals surface area contributed by atoms with E-state index in [2.05, 4.69) is 11.8 Å². The third kappa shape index (κ3) is 5.75. The zero-order chi connectivity index (χ0) is 11.0. The molecule has 3 heteroatoms. The van der Waals surface area contributed by atoms with Crippen molar-refractivity contribution in [2.24, 2.45) is 0 Å². The fourth-order valence-electron chi connectivity index (χ4n) is 1.08. The topological polar surface area (TPSA) is 29.5 Å². The first-order valence-corrected chi connectivity index (χ1v) is 5.03. The average Bonchev–Trinajstić information content (AvgIpc) is 2.16. The van der Waals surface area contributed by atoms with Crippen LogP contribution in [0.1, 0.15) is 26.2 Å². The second-order valence-electron chi connectivity index (χ2n) is 3.56. The van der Waals surface area contributed by atoms with Crippen LogP contribution in [0.3, 0.4) is 0 Å². The first-order valence-electron chi connectivity index (χ1n) is 5.03. The number of allylic oxidation sites excluding steroid dienone is 1. The Kier molecular flexibility index (Phi) is 7.11. The molecular weight excluding hydrogens is 178 g/mol. The minimum Gasteiger partial charge on any atom is -0.466 e. The number of nitrogens with zero attached hydrogens (tertiary/aromatic N) is 1. The van der Waals surface area contributed by atoms with Crippen LogP contribution in [0.5, 0.6) is 0 Å². The highest BCUT2D eigenvalue weighted by molar-refractivity contribution is 5.88. The van der Waals surface area contributed by atoms with Crippen molar-refractivity contribution in [3.8, 4) is 0 Å². The minimum absolute atomic E-state index is 0.194. The zero-order valence-electron chi connectivity index (χ0n) is 9.67. The van der Waals surface area contributed by atoms with Gasteiger partial charge in [-0.2, -0.15) is 0 Å². The number of methoxy groups -OCH3 is 1. The standard InChI is InChI=1S/C11H21NO2/c1-5-6-7-10(11(13)14-4)8-9-12(2)3/h7H,5-6,8-9H2,1-4H3. The number of esters is 1. The number of rotatable bonds is 6. The Balaban J connectivity index is 4.18. The van der Waals surface area contributed by atoms with Gasteiger partial charge < -0.3 is 9.64 Å². The number of unbranched alkanes of at least 4 members (excludes halogenated alkanes) is 1. The first-order chi connectivity index (χ1) is 6.61. The molecule has 3 nitrogen and oxygen atoms in total. The van der Waals surface area contributed by atoms with Crippen LogP contribution < -0.4 is 0 Å². The van der Waals surface area contributed by atoms with E-state index in [9.17, 15) is 4.79 Å². The van der Waals surface area contributed by atoms with Crippen LogP contribution in [0.25, 0.3) is 0 Å². The SMILES string of the molecule is CCCC=C(CCN(C)C)C(=O)OC. The smallest absolute Gasteiger partial charge is 0.333 e. The molecule has 82 valence electrons. The van der Waals surface area contributed by atoms with Crippen LogP contribution in [0, 0.1) is 0 Å². The molecule has 0 aliphatic heterocycles. The van der Waals surface area contributed by atoms with Gasteiger partial charge in [0.15, 0.2) is 0 Å². The highest BCUT2D eigenvalue weighted by Gasteiger charge is 2.08. The van der Waals surface area contributed by atoms with Crippen molar-refractivity contribution in [1.29, 1.82) is 0 Å². The monoisotopic (exact) mass is 199 g/mol. The Hall–Kier alpha value is -0.830. The fraction of sp³-hybridized carbons (Fsp3) is 0.727. The molecule has 0 atom stereocenters. The van der Waals surface area contributed by atoms with E-state index in [1.807, 2.05) is 20.2 Å². The van der Waals surface area contributed by atoms with E-state index in [0.29, 0.717) is 0 Å². The van der Waals surface area contributed by atoms with Crippen molar-refractivity contribution in [2.45, 2.75) is 26.2 Å². The summed E-state index contributed by atoms with van der Waals surface area (Å²) in [5.41, 5.74) is 0.794. The number of hydrogen-bond acceptors (Lipinski definition) is 3. The van der Waals surface area contributed by atoms with E-state index in [4.69, 9.17) is 4.74 Å². The maximum absolute atomic E-state index is 11.3. The van der Waals surface area contributed by atoms with Crippen molar-refractivity contribution < 1.29 is 9.53 Å². The molecule has 0 aliphatic carbocycles. The summed E-state index contributed by atoms with van der Waals surface area (Å²) in [6.07, 6.45) is 4.75. The molecule has 0 spiro atoms. The number of carbonyl (C=O) groups is 1. The van der Waals surface area contributed by atoms with E-state index >= 15 is 0 Å². The van der Waals surface area contributed by atoms with Crippen molar-refractivity contribution in [3.05, 3.63) is 11.6 Å². The average molecular weight is 199 g/mol. The molecule has 0 saturated carbocycles. The van der Waals surface area contributed by atoms with Crippen LogP contribution in [0.15, 0.2) is 11.6 Å². The maximum Gasteiger partial charge on any atom is 0.333 e. The molecule has 0 bridgehead atoms. The van der Waals surface area contributed by atoms with Crippen LogP contribution in [0.4, 0.5) is 0 Å². The summed E-state index contributed by atoms with van der Waals surface area (Å²) in [5, 5.41) is 0. The van der Waals surface area contributed by atoms with Crippen molar-refractivity contribution in [2.75, 3.05) is 27.7 Å². The maximum atomic E-state index is 11.3. The van der Waals surface area contributed by atoms with E-state index in [1.165, 1.54) is 7.11 Å². The summed E-state index contributed by atoms with van der Waals surface area (Å²) >= 11 is 0. The van der Waals surface area contributed by atoms with Gasteiger partial charge >= 0.3 is 5.97 Å². The minimum atomic E-state index is -0.194. The molecule has 0 fully saturated rings. The largest absolute Gasteiger partial charge is 0.466 e. The molecule has 0 rings (SSSR count). The van der Waals surface area contributed by atoms with Crippen molar-refractivity contribution in [3.63, 3.8) is 0 Å². The molecule has 0 aromatic carbocycles. The second kappa shape index (κ2) is 7.56. The summed E-state index contributed by atoms with van der Waals surface area (Å²) in [6, 6.07) is 0. The number of hydrogen-bond donors (Lipinski definition) is 0.